The first-order valence-electron chi connectivity index (χ1n) is 7.93. The summed E-state index contributed by atoms with van der Waals surface area (Å²) in [6.07, 6.45) is -0.543. The molecule has 0 aromatic carbocycles. The van der Waals surface area contributed by atoms with Crippen molar-refractivity contribution in [3.05, 3.63) is 0 Å². The van der Waals surface area contributed by atoms with Crippen LogP contribution in [0.25, 0.3) is 0 Å². The van der Waals surface area contributed by atoms with Gasteiger partial charge in [-0.1, -0.05) is 27.7 Å². The largest absolute Gasteiger partial charge is 0.414 e. The van der Waals surface area contributed by atoms with Gasteiger partial charge >= 0.3 is 0 Å². The van der Waals surface area contributed by atoms with Crippen LogP contribution < -0.4 is 0 Å². The third-order valence-corrected chi connectivity index (χ3v) is 9.36. The Morgan fingerprint density at radius 3 is 2.20 bits per heavy atom. The average molecular weight is 305 g/mol. The van der Waals surface area contributed by atoms with E-state index < -0.39 is 20.2 Å². The van der Waals surface area contributed by atoms with Crippen LogP contribution in [0.3, 0.4) is 0 Å². The highest BCUT2D eigenvalue weighted by Crippen LogP contribution is 2.29. The fourth-order valence-electron chi connectivity index (χ4n) is 2.69. The molecule has 1 aliphatic heterocycles. The lowest BCUT2D eigenvalue weighted by Gasteiger charge is -2.31. The molecule has 0 unspecified atom stereocenters. The summed E-state index contributed by atoms with van der Waals surface area (Å²) in [5.74, 6) is -0.511. The number of hydrogen-bond donors (Lipinski definition) is 1. The van der Waals surface area contributed by atoms with Crippen molar-refractivity contribution in [2.45, 2.75) is 77.7 Å². The van der Waals surface area contributed by atoms with Gasteiger partial charge in [-0.3, -0.25) is 0 Å². The van der Waals surface area contributed by atoms with E-state index in [9.17, 15) is 5.11 Å². The van der Waals surface area contributed by atoms with Gasteiger partial charge in [0.15, 0.2) is 14.1 Å². The molecule has 1 aliphatic rings. The third kappa shape index (κ3) is 4.53. The molecule has 0 aromatic rings. The molecule has 1 heterocycles. The van der Waals surface area contributed by atoms with Gasteiger partial charge in [-0.05, 0) is 32.0 Å². The van der Waals surface area contributed by atoms with Crippen LogP contribution in [0.2, 0.25) is 18.1 Å². The predicted molar refractivity (Wildman–Crippen MR) is 83.2 cm³/mol. The minimum absolute atomic E-state index is 0.0223. The van der Waals surface area contributed by atoms with Crippen LogP contribution in [-0.4, -0.2) is 44.6 Å². The molecule has 0 saturated carbocycles. The van der Waals surface area contributed by atoms with E-state index in [2.05, 4.69) is 20.8 Å². The Morgan fingerprint density at radius 2 is 1.80 bits per heavy atom. The van der Waals surface area contributed by atoms with Crippen LogP contribution in [0.1, 0.15) is 41.5 Å². The molecule has 1 fully saturated rings. The SMILES string of the molecule is CC[Si](CC)(CC)OC[C@H](O)[C@H](C)[C@H]1COC(C)(C)O1. The molecule has 4 nitrogen and oxygen atoms in total. The maximum atomic E-state index is 10.4. The molecule has 0 aromatic heterocycles. The van der Waals surface area contributed by atoms with E-state index in [0.717, 1.165) is 18.1 Å². The average Bonchev–Trinajstić information content (AvgIpc) is 2.80. The van der Waals surface area contributed by atoms with Crippen molar-refractivity contribution in [1.82, 2.24) is 0 Å². The smallest absolute Gasteiger partial charge is 0.192 e. The van der Waals surface area contributed by atoms with Gasteiger partial charge in [-0.2, -0.15) is 0 Å². The van der Waals surface area contributed by atoms with E-state index in [1.54, 1.807) is 0 Å². The van der Waals surface area contributed by atoms with Crippen LogP contribution in [0, 0.1) is 5.92 Å². The molecule has 1 N–H and O–H groups in total. The first-order valence-corrected chi connectivity index (χ1v) is 10.5. The van der Waals surface area contributed by atoms with Gasteiger partial charge in [0.1, 0.15) is 0 Å². The second kappa shape index (κ2) is 7.36. The standard InChI is InChI=1S/C15H32O4Si/c1-7-20(8-2,9-3)18-10-13(16)12(4)14-11-17-15(5,6)19-14/h12-14,16H,7-11H2,1-6H3/t12-,13-,14+/m0/s1. The van der Waals surface area contributed by atoms with Gasteiger partial charge < -0.3 is 19.0 Å². The lowest BCUT2D eigenvalue weighted by molar-refractivity contribution is -0.149. The van der Waals surface area contributed by atoms with Gasteiger partial charge in [-0.15, -0.1) is 0 Å². The van der Waals surface area contributed by atoms with Crippen LogP contribution >= 0.6 is 0 Å². The Morgan fingerprint density at radius 1 is 1.25 bits per heavy atom. The molecule has 0 aliphatic carbocycles. The molecular formula is C15H32O4Si. The predicted octanol–water partition coefficient (Wildman–Crippen LogP) is 3.16. The molecular weight excluding hydrogens is 272 g/mol. The molecule has 20 heavy (non-hydrogen) atoms. The van der Waals surface area contributed by atoms with Crippen molar-refractivity contribution in [3.63, 3.8) is 0 Å². The number of hydrogen-bond acceptors (Lipinski definition) is 4. The molecule has 0 amide bonds. The normalized spacial score (nSPS) is 25.6. The Hall–Kier alpha value is 0.0569. The highest BCUT2D eigenvalue weighted by Gasteiger charge is 2.39. The highest BCUT2D eigenvalue weighted by molar-refractivity contribution is 6.73. The van der Waals surface area contributed by atoms with Gasteiger partial charge in [0.25, 0.3) is 0 Å². The fraction of sp³-hybridized carbons (Fsp3) is 1.00. The third-order valence-electron chi connectivity index (χ3n) is 4.72. The van der Waals surface area contributed by atoms with Crippen LogP contribution in [0.15, 0.2) is 0 Å². The van der Waals surface area contributed by atoms with Gasteiger partial charge in [0.2, 0.25) is 0 Å². The quantitative estimate of drug-likeness (QED) is 0.700. The second-order valence-corrected chi connectivity index (χ2v) is 11.1. The second-order valence-electron chi connectivity index (χ2n) is 6.35. The van der Waals surface area contributed by atoms with E-state index >= 15 is 0 Å². The first kappa shape index (κ1) is 18.1. The van der Waals surface area contributed by atoms with E-state index in [1.807, 2.05) is 20.8 Å². The molecule has 0 bridgehead atoms. The summed E-state index contributed by atoms with van der Waals surface area (Å²) in [4.78, 5) is 0. The van der Waals surface area contributed by atoms with Crippen LogP contribution in [0.4, 0.5) is 0 Å². The number of ether oxygens (including phenoxy) is 2. The summed E-state index contributed by atoms with van der Waals surface area (Å²) in [7, 11) is -1.63. The Labute approximate surface area is 124 Å². The molecule has 3 atom stereocenters. The maximum Gasteiger partial charge on any atom is 0.192 e. The van der Waals surface area contributed by atoms with Crippen molar-refractivity contribution in [2.75, 3.05) is 13.2 Å². The fourth-order valence-corrected chi connectivity index (χ4v) is 5.33. The summed E-state index contributed by atoms with van der Waals surface area (Å²) in [6.45, 7) is 13.4. The lowest BCUT2D eigenvalue weighted by Crippen LogP contribution is -2.42. The summed E-state index contributed by atoms with van der Waals surface area (Å²) in [5, 5.41) is 10.4. The first-order chi connectivity index (χ1) is 9.29. The van der Waals surface area contributed by atoms with Gasteiger partial charge in [-0.25, -0.2) is 0 Å². The molecule has 1 saturated heterocycles. The van der Waals surface area contributed by atoms with Crippen molar-refractivity contribution < 1.29 is 19.0 Å². The molecule has 120 valence electrons. The Kier molecular flexibility index (Phi) is 6.66. The van der Waals surface area contributed by atoms with Gasteiger partial charge in [0.05, 0.1) is 25.4 Å². The zero-order chi connectivity index (χ0) is 15.4. The Bertz CT molecular complexity index is 283. The topological polar surface area (TPSA) is 47.9 Å². The zero-order valence-electron chi connectivity index (χ0n) is 13.9. The van der Waals surface area contributed by atoms with Crippen molar-refractivity contribution in [2.24, 2.45) is 5.92 Å². The van der Waals surface area contributed by atoms with Crippen LogP contribution in [-0.2, 0) is 13.9 Å². The highest BCUT2D eigenvalue weighted by atomic mass is 28.4. The van der Waals surface area contributed by atoms with Crippen molar-refractivity contribution >= 4 is 8.32 Å². The maximum absolute atomic E-state index is 10.4. The number of aliphatic hydroxyl groups is 1. The number of aliphatic hydroxyl groups excluding tert-OH is 1. The van der Waals surface area contributed by atoms with E-state index in [-0.39, 0.29) is 12.0 Å². The molecule has 0 spiro atoms. The summed E-state index contributed by atoms with van der Waals surface area (Å²) in [6, 6.07) is 3.32. The van der Waals surface area contributed by atoms with Crippen molar-refractivity contribution in [3.8, 4) is 0 Å². The van der Waals surface area contributed by atoms with E-state index in [0.29, 0.717) is 13.2 Å². The molecule has 1 rings (SSSR count). The molecule has 5 heteroatoms. The number of rotatable bonds is 8. The lowest BCUT2D eigenvalue weighted by atomic mass is 9.99. The van der Waals surface area contributed by atoms with Crippen LogP contribution in [0.5, 0.6) is 0 Å². The Balaban J connectivity index is 2.48. The minimum atomic E-state index is -1.63. The van der Waals surface area contributed by atoms with E-state index in [1.165, 1.54) is 0 Å². The molecule has 0 radical (unpaired) electrons. The zero-order valence-corrected chi connectivity index (χ0v) is 14.9. The summed E-state index contributed by atoms with van der Waals surface area (Å²) < 4.78 is 17.5. The van der Waals surface area contributed by atoms with Crippen molar-refractivity contribution in [1.29, 1.82) is 0 Å². The monoisotopic (exact) mass is 304 g/mol. The van der Waals surface area contributed by atoms with E-state index in [4.69, 9.17) is 13.9 Å². The summed E-state index contributed by atoms with van der Waals surface area (Å²) in [5.41, 5.74) is 0. The minimum Gasteiger partial charge on any atom is -0.414 e. The summed E-state index contributed by atoms with van der Waals surface area (Å²) >= 11 is 0. The van der Waals surface area contributed by atoms with Gasteiger partial charge in [0, 0.05) is 5.92 Å².